The fraction of sp³-hybridized carbons (Fsp3) is 0.700. The maximum absolute atomic E-state index is 13.1. The first-order chi connectivity index (χ1) is 16.5. The van der Waals surface area contributed by atoms with Crippen molar-refractivity contribution in [1.29, 1.82) is 0 Å². The van der Waals surface area contributed by atoms with Gasteiger partial charge in [0.15, 0.2) is 0 Å². The van der Waals surface area contributed by atoms with E-state index in [0.717, 1.165) is 0 Å². The SMILES string of the molecule is NCCCC[C@H](NC(=O)[C@@H]1CCCN1C(=O)[C@H](CS)NC(=O)[C@@H](N)CC(N)=O)C(=O)NCC(N)=O. The van der Waals surface area contributed by atoms with E-state index in [4.69, 9.17) is 22.9 Å². The lowest BCUT2D eigenvalue weighted by molar-refractivity contribution is -0.142. The summed E-state index contributed by atoms with van der Waals surface area (Å²) in [6.45, 7) is 0.294. The molecule has 0 aromatic heterocycles. The second kappa shape index (κ2) is 15.2. The van der Waals surface area contributed by atoms with E-state index < -0.39 is 66.0 Å². The van der Waals surface area contributed by atoms with Crippen LogP contribution in [0.1, 0.15) is 38.5 Å². The predicted molar refractivity (Wildman–Crippen MR) is 129 cm³/mol. The molecule has 1 heterocycles. The lowest BCUT2D eigenvalue weighted by Gasteiger charge is -2.29. The van der Waals surface area contributed by atoms with Gasteiger partial charge in [-0.05, 0) is 38.6 Å². The maximum Gasteiger partial charge on any atom is 0.246 e. The second-order valence-corrected chi connectivity index (χ2v) is 8.61. The molecule has 0 unspecified atom stereocenters. The average Bonchev–Trinajstić information content (AvgIpc) is 3.29. The van der Waals surface area contributed by atoms with Gasteiger partial charge in [-0.15, -0.1) is 0 Å². The van der Waals surface area contributed by atoms with Gasteiger partial charge in [-0.1, -0.05) is 0 Å². The standard InChI is InChI=1S/C20H36N8O6S/c21-6-2-1-4-12(18(32)25-9-16(24)30)26-19(33)14-5-3-7-28(14)20(34)13(10-35)27-17(31)11(22)8-15(23)29/h11-14,35H,1-10,21-22H2,(H2,23,29)(H2,24,30)(H,25,32)(H,26,33)(H,27,31)/t11-,12-,13-,14-/m0/s1. The van der Waals surface area contributed by atoms with Gasteiger partial charge >= 0.3 is 0 Å². The first-order valence-electron chi connectivity index (χ1n) is 11.3. The Morgan fingerprint density at radius 1 is 0.971 bits per heavy atom. The van der Waals surface area contributed by atoms with Crippen molar-refractivity contribution < 1.29 is 28.8 Å². The van der Waals surface area contributed by atoms with Gasteiger partial charge in [-0.2, -0.15) is 12.6 Å². The molecule has 11 N–H and O–H groups in total. The lowest BCUT2D eigenvalue weighted by Crippen LogP contribution is -2.58. The van der Waals surface area contributed by atoms with E-state index in [1.54, 1.807) is 0 Å². The van der Waals surface area contributed by atoms with Crippen molar-refractivity contribution >= 4 is 48.1 Å². The molecular formula is C20H36N8O6S. The quantitative estimate of drug-likeness (QED) is 0.0781. The van der Waals surface area contributed by atoms with Gasteiger partial charge in [-0.25, -0.2) is 0 Å². The first kappa shape index (κ1) is 30.1. The number of thiol groups is 1. The van der Waals surface area contributed by atoms with Crippen molar-refractivity contribution in [3.63, 3.8) is 0 Å². The predicted octanol–water partition coefficient (Wildman–Crippen LogP) is -4.19. The van der Waals surface area contributed by atoms with Crippen LogP contribution in [0.2, 0.25) is 0 Å². The van der Waals surface area contributed by atoms with Gasteiger partial charge in [0, 0.05) is 12.3 Å². The number of hydrogen-bond acceptors (Lipinski definition) is 9. The summed E-state index contributed by atoms with van der Waals surface area (Å²) >= 11 is 4.12. The number of nitrogens with one attached hydrogen (secondary N) is 3. The van der Waals surface area contributed by atoms with E-state index in [-0.39, 0.29) is 25.3 Å². The molecule has 0 saturated carbocycles. The number of unbranched alkanes of at least 4 members (excludes halogenated alkanes) is 1. The summed E-state index contributed by atoms with van der Waals surface area (Å²) in [5.74, 6) is -3.98. The van der Waals surface area contributed by atoms with E-state index in [0.29, 0.717) is 32.2 Å². The van der Waals surface area contributed by atoms with Crippen LogP contribution >= 0.6 is 12.6 Å². The zero-order chi connectivity index (χ0) is 26.5. The van der Waals surface area contributed by atoms with E-state index in [1.165, 1.54) is 4.90 Å². The van der Waals surface area contributed by atoms with Crippen molar-refractivity contribution in [2.45, 2.75) is 62.7 Å². The monoisotopic (exact) mass is 516 g/mol. The van der Waals surface area contributed by atoms with Crippen molar-refractivity contribution in [2.24, 2.45) is 22.9 Å². The Morgan fingerprint density at radius 2 is 1.66 bits per heavy atom. The zero-order valence-corrected chi connectivity index (χ0v) is 20.4. The van der Waals surface area contributed by atoms with Crippen LogP contribution in [0.25, 0.3) is 0 Å². The molecule has 0 aromatic rings. The molecule has 0 bridgehead atoms. The summed E-state index contributed by atoms with van der Waals surface area (Å²) in [6.07, 6.45) is 1.95. The number of carbonyl (C=O) groups is 6. The van der Waals surface area contributed by atoms with E-state index in [9.17, 15) is 28.8 Å². The highest BCUT2D eigenvalue weighted by atomic mass is 32.1. The number of nitrogens with two attached hydrogens (primary N) is 4. The molecule has 4 atom stereocenters. The third-order valence-electron chi connectivity index (χ3n) is 5.41. The number of rotatable bonds is 15. The number of likely N-dealkylation sites (tertiary alicyclic amines) is 1. The number of nitrogens with zero attached hydrogens (tertiary/aromatic N) is 1. The molecule has 0 aliphatic carbocycles. The molecule has 1 rings (SSSR count). The van der Waals surface area contributed by atoms with Crippen LogP contribution in [0, 0.1) is 0 Å². The Bertz CT molecular complexity index is 798. The van der Waals surface area contributed by atoms with Crippen LogP contribution in [0.3, 0.4) is 0 Å². The number of carbonyl (C=O) groups excluding carboxylic acids is 6. The maximum atomic E-state index is 13.1. The molecule has 14 nitrogen and oxygen atoms in total. The van der Waals surface area contributed by atoms with E-state index in [1.807, 2.05) is 0 Å². The molecule has 1 saturated heterocycles. The Morgan fingerprint density at radius 3 is 2.23 bits per heavy atom. The molecule has 0 aromatic carbocycles. The molecule has 1 aliphatic rings. The van der Waals surface area contributed by atoms with Crippen molar-refractivity contribution in [3.8, 4) is 0 Å². The summed E-state index contributed by atoms with van der Waals surface area (Å²) in [7, 11) is 0. The minimum Gasteiger partial charge on any atom is -0.370 e. The van der Waals surface area contributed by atoms with Crippen molar-refractivity contribution in [2.75, 3.05) is 25.4 Å². The summed E-state index contributed by atoms with van der Waals surface area (Å²) < 4.78 is 0. The Labute approximate surface area is 209 Å². The number of hydrogen-bond donors (Lipinski definition) is 8. The van der Waals surface area contributed by atoms with E-state index >= 15 is 0 Å². The van der Waals surface area contributed by atoms with Crippen molar-refractivity contribution in [3.05, 3.63) is 0 Å². The summed E-state index contributed by atoms with van der Waals surface area (Å²) in [5.41, 5.74) is 21.2. The lowest BCUT2D eigenvalue weighted by atomic mass is 10.1. The average molecular weight is 517 g/mol. The number of amides is 6. The largest absolute Gasteiger partial charge is 0.370 e. The third kappa shape index (κ3) is 10.1. The highest BCUT2D eigenvalue weighted by Crippen LogP contribution is 2.19. The first-order valence-corrected chi connectivity index (χ1v) is 12.0. The smallest absolute Gasteiger partial charge is 0.246 e. The normalized spacial score (nSPS) is 17.7. The second-order valence-electron chi connectivity index (χ2n) is 8.24. The minimum absolute atomic E-state index is 0.0735. The Kier molecular flexibility index (Phi) is 13.0. The molecule has 0 radical (unpaired) electrons. The zero-order valence-electron chi connectivity index (χ0n) is 19.5. The molecule has 0 spiro atoms. The Balaban J connectivity index is 2.87. The Hall–Kier alpha value is -2.91. The molecule has 15 heteroatoms. The van der Waals surface area contributed by atoms with Crippen LogP contribution in [0.15, 0.2) is 0 Å². The summed E-state index contributed by atoms with van der Waals surface area (Å²) in [4.78, 5) is 74.1. The van der Waals surface area contributed by atoms with Crippen LogP contribution in [-0.4, -0.2) is 89.9 Å². The van der Waals surface area contributed by atoms with Gasteiger partial charge in [0.2, 0.25) is 35.4 Å². The third-order valence-corrected chi connectivity index (χ3v) is 5.78. The van der Waals surface area contributed by atoms with Crippen LogP contribution in [0.5, 0.6) is 0 Å². The molecular weight excluding hydrogens is 480 g/mol. The summed E-state index contributed by atoms with van der Waals surface area (Å²) in [6, 6.07) is -4.13. The highest BCUT2D eigenvalue weighted by molar-refractivity contribution is 7.80. The van der Waals surface area contributed by atoms with Crippen LogP contribution in [-0.2, 0) is 28.8 Å². The van der Waals surface area contributed by atoms with Crippen molar-refractivity contribution in [1.82, 2.24) is 20.9 Å². The van der Waals surface area contributed by atoms with E-state index in [2.05, 4.69) is 28.6 Å². The van der Waals surface area contributed by atoms with Gasteiger partial charge in [-0.3, -0.25) is 28.8 Å². The molecule has 35 heavy (non-hydrogen) atoms. The highest BCUT2D eigenvalue weighted by Gasteiger charge is 2.38. The molecule has 198 valence electrons. The molecule has 6 amide bonds. The van der Waals surface area contributed by atoms with Gasteiger partial charge in [0.05, 0.1) is 19.0 Å². The minimum atomic E-state index is -1.23. The molecule has 1 aliphatic heterocycles. The fourth-order valence-electron chi connectivity index (χ4n) is 3.60. The topological polar surface area (TPSA) is 246 Å². The van der Waals surface area contributed by atoms with Gasteiger partial charge in [0.1, 0.15) is 18.1 Å². The number of primary amides is 2. The van der Waals surface area contributed by atoms with Gasteiger partial charge < -0.3 is 43.8 Å². The fourth-order valence-corrected chi connectivity index (χ4v) is 3.85. The molecule has 1 fully saturated rings. The van der Waals surface area contributed by atoms with Crippen LogP contribution in [0.4, 0.5) is 0 Å². The summed E-state index contributed by atoms with van der Waals surface area (Å²) in [5, 5.41) is 7.46. The van der Waals surface area contributed by atoms with Crippen LogP contribution < -0.4 is 38.9 Å². The van der Waals surface area contributed by atoms with Gasteiger partial charge in [0.25, 0.3) is 0 Å².